The highest BCUT2D eigenvalue weighted by atomic mass is 16.5. The number of para-hydroxylation sites is 1. The van der Waals surface area contributed by atoms with Crippen molar-refractivity contribution >= 4 is 5.96 Å². The quantitative estimate of drug-likeness (QED) is 0.503. The second-order valence-corrected chi connectivity index (χ2v) is 5.23. The Morgan fingerprint density at radius 1 is 1.17 bits per heavy atom. The van der Waals surface area contributed by atoms with Crippen LogP contribution in [-0.2, 0) is 11.3 Å². The lowest BCUT2D eigenvalue weighted by molar-refractivity contribution is 0.162. The fraction of sp³-hybridized carbons (Fsp3) is 0.588. The summed E-state index contributed by atoms with van der Waals surface area (Å²) in [4.78, 5) is 6.85. The van der Waals surface area contributed by atoms with Crippen LogP contribution in [0.4, 0.5) is 0 Å². The molecule has 0 spiro atoms. The molecule has 0 saturated heterocycles. The third-order valence-corrected chi connectivity index (χ3v) is 3.41. The zero-order valence-corrected chi connectivity index (χ0v) is 14.8. The van der Waals surface area contributed by atoms with E-state index in [1.54, 1.807) is 14.2 Å². The average Bonchev–Trinajstić information content (AvgIpc) is 2.58. The van der Waals surface area contributed by atoms with E-state index in [1.165, 1.54) is 0 Å². The van der Waals surface area contributed by atoms with Crippen LogP contribution in [0.1, 0.15) is 12.5 Å². The van der Waals surface area contributed by atoms with Crippen LogP contribution >= 0.6 is 0 Å². The number of benzene rings is 1. The van der Waals surface area contributed by atoms with Gasteiger partial charge >= 0.3 is 0 Å². The van der Waals surface area contributed by atoms with Gasteiger partial charge in [0.05, 0.1) is 20.3 Å². The normalized spacial score (nSPS) is 11.6. The fourth-order valence-electron chi connectivity index (χ4n) is 2.06. The summed E-state index contributed by atoms with van der Waals surface area (Å²) in [6.07, 6.45) is 0. The molecule has 0 atom stereocenters. The highest BCUT2D eigenvalue weighted by Gasteiger charge is 2.03. The zero-order chi connectivity index (χ0) is 16.9. The molecule has 1 rings (SSSR count). The Balaban J connectivity index is 2.50. The van der Waals surface area contributed by atoms with Gasteiger partial charge in [-0.2, -0.15) is 0 Å². The smallest absolute Gasteiger partial charge is 0.191 e. The molecular formula is C17H30N4O2. The topological polar surface area (TPSA) is 58.1 Å². The number of aliphatic imine (C=N–C) groups is 1. The van der Waals surface area contributed by atoms with Crippen molar-refractivity contribution in [2.24, 2.45) is 4.99 Å². The van der Waals surface area contributed by atoms with Gasteiger partial charge in [-0.1, -0.05) is 18.2 Å². The zero-order valence-electron chi connectivity index (χ0n) is 14.8. The molecule has 0 amide bonds. The van der Waals surface area contributed by atoms with E-state index in [0.717, 1.165) is 50.1 Å². The number of nitrogens with zero attached hydrogens (tertiary/aromatic N) is 2. The highest BCUT2D eigenvalue weighted by molar-refractivity contribution is 5.79. The first-order valence-corrected chi connectivity index (χ1v) is 8.02. The predicted octanol–water partition coefficient (Wildman–Crippen LogP) is 1.33. The molecular weight excluding hydrogens is 292 g/mol. The fourth-order valence-corrected chi connectivity index (χ4v) is 2.06. The van der Waals surface area contributed by atoms with Crippen molar-refractivity contribution in [3.8, 4) is 5.75 Å². The number of hydrogen-bond acceptors (Lipinski definition) is 4. The van der Waals surface area contributed by atoms with E-state index in [1.807, 2.05) is 24.3 Å². The Morgan fingerprint density at radius 2 is 1.96 bits per heavy atom. The molecule has 1 aromatic rings. The van der Waals surface area contributed by atoms with Crippen LogP contribution in [0.5, 0.6) is 5.75 Å². The molecule has 23 heavy (non-hydrogen) atoms. The Hall–Kier alpha value is -1.79. The molecule has 0 aliphatic rings. The number of methoxy groups -OCH3 is 2. The molecule has 0 bridgehead atoms. The number of rotatable bonds is 10. The second-order valence-electron chi connectivity index (χ2n) is 5.23. The van der Waals surface area contributed by atoms with E-state index in [0.29, 0.717) is 6.54 Å². The first-order chi connectivity index (χ1) is 11.2. The summed E-state index contributed by atoms with van der Waals surface area (Å²) in [5.74, 6) is 1.69. The van der Waals surface area contributed by atoms with E-state index in [2.05, 4.69) is 34.5 Å². The lowest BCUT2D eigenvalue weighted by Crippen LogP contribution is -2.41. The van der Waals surface area contributed by atoms with Crippen molar-refractivity contribution < 1.29 is 9.47 Å². The molecule has 6 heteroatoms. The number of guanidine groups is 1. The van der Waals surface area contributed by atoms with Gasteiger partial charge in [0, 0.05) is 38.9 Å². The minimum absolute atomic E-state index is 0.582. The van der Waals surface area contributed by atoms with E-state index >= 15 is 0 Å². The number of ether oxygens (including phenoxy) is 2. The SMILES string of the molecule is CCNC(=NCc1ccccc1OC)NCCN(C)CCOC. The summed E-state index contributed by atoms with van der Waals surface area (Å²) in [6.45, 7) is 6.91. The van der Waals surface area contributed by atoms with Crippen LogP contribution in [-0.4, -0.2) is 64.9 Å². The van der Waals surface area contributed by atoms with Crippen LogP contribution in [0, 0.1) is 0 Å². The first-order valence-electron chi connectivity index (χ1n) is 8.02. The van der Waals surface area contributed by atoms with Gasteiger partial charge in [-0.05, 0) is 20.0 Å². The summed E-state index contributed by atoms with van der Waals surface area (Å²) >= 11 is 0. The molecule has 0 fully saturated rings. The highest BCUT2D eigenvalue weighted by Crippen LogP contribution is 2.17. The Labute approximate surface area is 139 Å². The maximum Gasteiger partial charge on any atom is 0.191 e. The van der Waals surface area contributed by atoms with Crippen LogP contribution in [0.25, 0.3) is 0 Å². The van der Waals surface area contributed by atoms with E-state index in [9.17, 15) is 0 Å². The molecule has 0 aliphatic heterocycles. The molecule has 0 saturated carbocycles. The monoisotopic (exact) mass is 322 g/mol. The molecule has 0 aliphatic carbocycles. The van der Waals surface area contributed by atoms with Crippen molar-refractivity contribution in [2.75, 3.05) is 54.1 Å². The van der Waals surface area contributed by atoms with Crippen molar-refractivity contribution in [3.05, 3.63) is 29.8 Å². The Bertz CT molecular complexity index is 466. The molecule has 130 valence electrons. The Kier molecular flexibility index (Phi) is 9.83. The maximum absolute atomic E-state index is 5.36. The molecule has 0 radical (unpaired) electrons. The predicted molar refractivity (Wildman–Crippen MR) is 95.2 cm³/mol. The minimum Gasteiger partial charge on any atom is -0.496 e. The van der Waals surface area contributed by atoms with Crippen LogP contribution < -0.4 is 15.4 Å². The van der Waals surface area contributed by atoms with Crippen LogP contribution in [0.2, 0.25) is 0 Å². The molecule has 2 N–H and O–H groups in total. The third kappa shape index (κ3) is 7.85. The van der Waals surface area contributed by atoms with Gasteiger partial charge in [-0.15, -0.1) is 0 Å². The summed E-state index contributed by atoms with van der Waals surface area (Å²) in [6, 6.07) is 7.95. The van der Waals surface area contributed by atoms with Crippen molar-refractivity contribution in [2.45, 2.75) is 13.5 Å². The van der Waals surface area contributed by atoms with E-state index < -0.39 is 0 Å². The average molecular weight is 322 g/mol. The standard InChI is InChI=1S/C17H30N4O2/c1-5-18-17(19-10-11-21(2)12-13-22-3)20-14-15-8-6-7-9-16(15)23-4/h6-9H,5,10-14H2,1-4H3,(H2,18,19,20). The lowest BCUT2D eigenvalue weighted by atomic mass is 10.2. The van der Waals surface area contributed by atoms with Crippen molar-refractivity contribution in [1.82, 2.24) is 15.5 Å². The third-order valence-electron chi connectivity index (χ3n) is 3.41. The Morgan fingerprint density at radius 3 is 2.65 bits per heavy atom. The number of hydrogen-bond donors (Lipinski definition) is 2. The van der Waals surface area contributed by atoms with E-state index in [4.69, 9.17) is 9.47 Å². The largest absolute Gasteiger partial charge is 0.496 e. The summed E-state index contributed by atoms with van der Waals surface area (Å²) in [5.41, 5.74) is 1.07. The van der Waals surface area contributed by atoms with Crippen LogP contribution in [0.15, 0.2) is 29.3 Å². The summed E-state index contributed by atoms with van der Waals surface area (Å²) in [7, 11) is 5.49. The van der Waals surface area contributed by atoms with Crippen molar-refractivity contribution in [1.29, 1.82) is 0 Å². The lowest BCUT2D eigenvalue weighted by Gasteiger charge is -2.17. The molecule has 0 aromatic heterocycles. The molecule has 6 nitrogen and oxygen atoms in total. The molecule has 1 aromatic carbocycles. The molecule has 0 heterocycles. The van der Waals surface area contributed by atoms with Crippen molar-refractivity contribution in [3.63, 3.8) is 0 Å². The molecule has 0 unspecified atom stereocenters. The van der Waals surface area contributed by atoms with E-state index in [-0.39, 0.29) is 0 Å². The number of likely N-dealkylation sites (N-methyl/N-ethyl adjacent to an activating group) is 1. The van der Waals surface area contributed by atoms with Gasteiger partial charge in [0.25, 0.3) is 0 Å². The summed E-state index contributed by atoms with van der Waals surface area (Å²) in [5, 5.41) is 6.61. The van der Waals surface area contributed by atoms with Gasteiger partial charge in [0.1, 0.15) is 5.75 Å². The summed E-state index contributed by atoms with van der Waals surface area (Å²) < 4.78 is 10.4. The van der Waals surface area contributed by atoms with Gasteiger partial charge < -0.3 is 25.0 Å². The van der Waals surface area contributed by atoms with Gasteiger partial charge in [0.15, 0.2) is 5.96 Å². The van der Waals surface area contributed by atoms with Gasteiger partial charge in [-0.3, -0.25) is 0 Å². The first kappa shape index (κ1) is 19.3. The second kappa shape index (κ2) is 11.7. The van der Waals surface area contributed by atoms with Gasteiger partial charge in [-0.25, -0.2) is 4.99 Å². The maximum atomic E-state index is 5.36. The van der Waals surface area contributed by atoms with Crippen LogP contribution in [0.3, 0.4) is 0 Å². The van der Waals surface area contributed by atoms with Gasteiger partial charge in [0.2, 0.25) is 0 Å². The number of nitrogens with one attached hydrogen (secondary N) is 2. The minimum atomic E-state index is 0.582.